The average Bonchev–Trinajstić information content (AvgIpc) is 3.13. The molecule has 0 amide bonds. The Bertz CT molecular complexity index is 511. The molecule has 3 rings (SSSR count). The minimum atomic E-state index is -0.0572. The quantitative estimate of drug-likeness (QED) is 0.896. The third kappa shape index (κ3) is 2.52. The van der Waals surface area contributed by atoms with Crippen LogP contribution in [0.3, 0.4) is 0 Å². The van der Waals surface area contributed by atoms with Gasteiger partial charge >= 0.3 is 0 Å². The molecule has 1 aliphatic carbocycles. The maximum atomic E-state index is 9.14. The number of aliphatic hydroxyl groups is 1. The molecule has 0 radical (unpaired) electrons. The standard InChI is InChI=1S/C13H15N3OS/c17-9-10-6-14-7-13(15-10)16(11-3-4-11)8-12-2-1-5-18-12/h1-2,5-7,11,17H,3-4,8-9H2. The van der Waals surface area contributed by atoms with Crippen LogP contribution in [-0.4, -0.2) is 21.1 Å². The summed E-state index contributed by atoms with van der Waals surface area (Å²) in [6.07, 6.45) is 5.83. The first-order valence-electron chi connectivity index (χ1n) is 6.07. The van der Waals surface area contributed by atoms with Crippen LogP contribution in [0.15, 0.2) is 29.9 Å². The predicted molar refractivity (Wildman–Crippen MR) is 71.5 cm³/mol. The van der Waals surface area contributed by atoms with Crippen LogP contribution in [0.4, 0.5) is 5.82 Å². The molecule has 2 heterocycles. The molecule has 0 bridgehead atoms. The summed E-state index contributed by atoms with van der Waals surface area (Å²) in [4.78, 5) is 12.2. The van der Waals surface area contributed by atoms with Crippen molar-refractivity contribution >= 4 is 17.2 Å². The highest BCUT2D eigenvalue weighted by molar-refractivity contribution is 7.09. The molecule has 0 aliphatic heterocycles. The first kappa shape index (κ1) is 11.6. The summed E-state index contributed by atoms with van der Waals surface area (Å²) in [5.41, 5.74) is 0.629. The molecule has 18 heavy (non-hydrogen) atoms. The molecule has 0 unspecified atom stereocenters. The Hall–Kier alpha value is -1.46. The van der Waals surface area contributed by atoms with E-state index in [4.69, 9.17) is 5.11 Å². The molecule has 0 aromatic carbocycles. The Balaban J connectivity index is 1.84. The normalized spacial score (nSPS) is 14.7. The summed E-state index contributed by atoms with van der Waals surface area (Å²) in [5.74, 6) is 0.873. The van der Waals surface area contributed by atoms with Gasteiger partial charge in [0.25, 0.3) is 0 Å². The highest BCUT2D eigenvalue weighted by atomic mass is 32.1. The van der Waals surface area contributed by atoms with Gasteiger partial charge in [-0.2, -0.15) is 0 Å². The second-order valence-electron chi connectivity index (χ2n) is 4.47. The summed E-state index contributed by atoms with van der Waals surface area (Å²) in [6.45, 7) is 0.824. The SMILES string of the molecule is OCc1cncc(N(Cc2cccs2)C2CC2)n1. The van der Waals surface area contributed by atoms with Gasteiger partial charge in [0.2, 0.25) is 0 Å². The molecule has 0 atom stereocenters. The highest BCUT2D eigenvalue weighted by Gasteiger charge is 2.30. The van der Waals surface area contributed by atoms with Crippen LogP contribution in [0.25, 0.3) is 0 Å². The monoisotopic (exact) mass is 261 g/mol. The number of aromatic nitrogens is 2. The highest BCUT2D eigenvalue weighted by Crippen LogP contribution is 2.32. The molecular formula is C13H15N3OS. The van der Waals surface area contributed by atoms with Crippen LogP contribution in [0.5, 0.6) is 0 Å². The third-order valence-corrected chi connectivity index (χ3v) is 3.88. The smallest absolute Gasteiger partial charge is 0.148 e. The van der Waals surface area contributed by atoms with Crippen molar-refractivity contribution in [2.24, 2.45) is 0 Å². The molecule has 2 aromatic rings. The number of nitrogens with zero attached hydrogens (tertiary/aromatic N) is 3. The van der Waals surface area contributed by atoms with E-state index in [2.05, 4.69) is 32.4 Å². The van der Waals surface area contributed by atoms with Crippen molar-refractivity contribution in [2.75, 3.05) is 4.90 Å². The fraction of sp³-hybridized carbons (Fsp3) is 0.385. The zero-order valence-electron chi connectivity index (χ0n) is 9.99. The maximum Gasteiger partial charge on any atom is 0.148 e. The largest absolute Gasteiger partial charge is 0.390 e. The Morgan fingerprint density at radius 2 is 2.28 bits per heavy atom. The number of thiophene rings is 1. The second-order valence-corrected chi connectivity index (χ2v) is 5.50. The molecule has 2 aromatic heterocycles. The minimum absolute atomic E-state index is 0.0572. The topological polar surface area (TPSA) is 49.3 Å². The predicted octanol–water partition coefficient (Wildman–Crippen LogP) is 2.20. The van der Waals surface area contributed by atoms with Gasteiger partial charge in [-0.05, 0) is 24.3 Å². The first-order valence-corrected chi connectivity index (χ1v) is 6.95. The van der Waals surface area contributed by atoms with E-state index in [9.17, 15) is 0 Å². The number of aliphatic hydroxyl groups excluding tert-OH is 1. The lowest BCUT2D eigenvalue weighted by molar-refractivity contribution is 0.276. The lowest BCUT2D eigenvalue weighted by Gasteiger charge is -2.22. The van der Waals surface area contributed by atoms with Crippen LogP contribution < -0.4 is 4.90 Å². The lowest BCUT2D eigenvalue weighted by atomic mass is 10.3. The molecule has 1 N–H and O–H groups in total. The van der Waals surface area contributed by atoms with Gasteiger partial charge in [-0.3, -0.25) is 4.98 Å². The summed E-state index contributed by atoms with van der Waals surface area (Å²) in [6, 6.07) is 4.79. The van der Waals surface area contributed by atoms with Crippen LogP contribution in [0, 0.1) is 0 Å². The molecule has 5 heteroatoms. The Morgan fingerprint density at radius 1 is 1.39 bits per heavy atom. The van der Waals surface area contributed by atoms with E-state index in [1.165, 1.54) is 17.7 Å². The summed E-state index contributed by atoms with van der Waals surface area (Å²) in [7, 11) is 0. The second kappa shape index (κ2) is 5.04. The molecule has 1 fully saturated rings. The molecule has 94 valence electrons. The van der Waals surface area contributed by atoms with E-state index < -0.39 is 0 Å². The van der Waals surface area contributed by atoms with Gasteiger partial charge in [0.15, 0.2) is 0 Å². The molecular weight excluding hydrogens is 246 g/mol. The van der Waals surface area contributed by atoms with Crippen molar-refractivity contribution in [1.82, 2.24) is 9.97 Å². The first-order chi connectivity index (χ1) is 8.86. The van der Waals surface area contributed by atoms with E-state index in [0.717, 1.165) is 12.4 Å². The average molecular weight is 261 g/mol. The fourth-order valence-electron chi connectivity index (χ4n) is 1.96. The van der Waals surface area contributed by atoms with Gasteiger partial charge < -0.3 is 10.0 Å². The Morgan fingerprint density at radius 3 is 2.94 bits per heavy atom. The zero-order valence-corrected chi connectivity index (χ0v) is 10.8. The molecule has 0 spiro atoms. The maximum absolute atomic E-state index is 9.14. The lowest BCUT2D eigenvalue weighted by Crippen LogP contribution is -2.26. The Kier molecular flexibility index (Phi) is 3.25. The van der Waals surface area contributed by atoms with Crippen molar-refractivity contribution in [2.45, 2.75) is 32.0 Å². The van der Waals surface area contributed by atoms with E-state index in [1.54, 1.807) is 23.7 Å². The van der Waals surface area contributed by atoms with Crippen molar-refractivity contribution in [3.63, 3.8) is 0 Å². The van der Waals surface area contributed by atoms with Gasteiger partial charge in [-0.15, -0.1) is 11.3 Å². The number of anilines is 1. The molecule has 1 saturated carbocycles. The number of hydrogen-bond donors (Lipinski definition) is 1. The van der Waals surface area contributed by atoms with Crippen LogP contribution in [0.2, 0.25) is 0 Å². The van der Waals surface area contributed by atoms with Crippen LogP contribution in [-0.2, 0) is 13.2 Å². The molecule has 1 aliphatic rings. The van der Waals surface area contributed by atoms with E-state index >= 15 is 0 Å². The van der Waals surface area contributed by atoms with Crippen LogP contribution >= 0.6 is 11.3 Å². The zero-order chi connectivity index (χ0) is 12.4. The van der Waals surface area contributed by atoms with Gasteiger partial charge in [0.05, 0.1) is 31.2 Å². The van der Waals surface area contributed by atoms with Crippen molar-refractivity contribution in [3.8, 4) is 0 Å². The van der Waals surface area contributed by atoms with Gasteiger partial charge in [0, 0.05) is 10.9 Å². The van der Waals surface area contributed by atoms with E-state index in [1.807, 2.05) is 0 Å². The van der Waals surface area contributed by atoms with Crippen molar-refractivity contribution in [1.29, 1.82) is 0 Å². The third-order valence-electron chi connectivity index (χ3n) is 3.02. The number of rotatable bonds is 5. The molecule has 4 nitrogen and oxygen atoms in total. The number of hydrogen-bond acceptors (Lipinski definition) is 5. The minimum Gasteiger partial charge on any atom is -0.390 e. The van der Waals surface area contributed by atoms with Crippen LogP contribution in [0.1, 0.15) is 23.4 Å². The molecule has 0 saturated heterocycles. The van der Waals surface area contributed by atoms with E-state index in [0.29, 0.717) is 11.7 Å². The summed E-state index contributed by atoms with van der Waals surface area (Å²) in [5, 5.41) is 11.2. The Labute approximate surface area is 110 Å². The van der Waals surface area contributed by atoms with Crippen molar-refractivity contribution in [3.05, 3.63) is 40.5 Å². The van der Waals surface area contributed by atoms with E-state index in [-0.39, 0.29) is 6.61 Å². The van der Waals surface area contributed by atoms with Gasteiger partial charge in [0.1, 0.15) is 5.82 Å². The fourth-order valence-corrected chi connectivity index (χ4v) is 2.67. The van der Waals surface area contributed by atoms with Gasteiger partial charge in [-0.1, -0.05) is 6.07 Å². The van der Waals surface area contributed by atoms with Gasteiger partial charge in [-0.25, -0.2) is 4.98 Å². The summed E-state index contributed by atoms with van der Waals surface area (Å²) >= 11 is 1.76. The summed E-state index contributed by atoms with van der Waals surface area (Å²) < 4.78 is 0. The van der Waals surface area contributed by atoms with Crippen molar-refractivity contribution < 1.29 is 5.11 Å².